The number of ether oxygens (including phenoxy) is 1. The number of aromatic nitrogens is 1. The fourth-order valence-electron chi connectivity index (χ4n) is 2.49. The first-order valence-electron chi connectivity index (χ1n) is 7.43. The van der Waals surface area contributed by atoms with Crippen LogP contribution in [0.4, 0.5) is 0 Å². The minimum Gasteiger partial charge on any atom is -0.474 e. The largest absolute Gasteiger partial charge is 0.474 e. The van der Waals surface area contributed by atoms with Gasteiger partial charge in [0.25, 0.3) is 10.0 Å². The molecule has 0 atom stereocenters. The molecule has 1 fully saturated rings. The van der Waals surface area contributed by atoms with Crippen molar-refractivity contribution < 1.29 is 17.9 Å². The number of sulfonamides is 1. The van der Waals surface area contributed by atoms with Crippen LogP contribution in [-0.2, 0) is 10.0 Å². The first-order chi connectivity index (χ1) is 11.5. The summed E-state index contributed by atoms with van der Waals surface area (Å²) in [5.41, 5.74) is 5.48. The molecule has 9 heteroatoms. The Labute approximate surface area is 144 Å². The molecule has 1 amide bonds. The van der Waals surface area contributed by atoms with E-state index in [0.29, 0.717) is 41.6 Å². The summed E-state index contributed by atoms with van der Waals surface area (Å²) in [7, 11) is -3.40. The first kappa shape index (κ1) is 16.9. The van der Waals surface area contributed by atoms with Gasteiger partial charge in [0, 0.05) is 25.4 Å². The van der Waals surface area contributed by atoms with E-state index in [1.807, 2.05) is 0 Å². The summed E-state index contributed by atoms with van der Waals surface area (Å²) in [6.07, 6.45) is 2.44. The fourth-order valence-corrected chi connectivity index (χ4v) is 5.11. The quantitative estimate of drug-likeness (QED) is 0.862. The number of rotatable bonds is 5. The molecule has 24 heavy (non-hydrogen) atoms. The van der Waals surface area contributed by atoms with E-state index in [1.54, 1.807) is 29.6 Å². The van der Waals surface area contributed by atoms with Crippen LogP contribution in [-0.4, -0.2) is 42.8 Å². The SMILES string of the molecule is NC(=O)c1ccc(OC2CCN(S(=O)(=O)c3cccs3)CC2)nc1. The van der Waals surface area contributed by atoms with Crippen LogP contribution < -0.4 is 10.5 Å². The molecular weight excluding hydrogens is 350 g/mol. The highest BCUT2D eigenvalue weighted by Gasteiger charge is 2.30. The summed E-state index contributed by atoms with van der Waals surface area (Å²) in [4.78, 5) is 15.1. The van der Waals surface area contributed by atoms with Gasteiger partial charge in [-0.2, -0.15) is 4.31 Å². The molecule has 3 heterocycles. The van der Waals surface area contributed by atoms with Gasteiger partial charge in [0.2, 0.25) is 11.8 Å². The van der Waals surface area contributed by atoms with Gasteiger partial charge in [-0.05, 0) is 30.4 Å². The van der Waals surface area contributed by atoms with E-state index in [2.05, 4.69) is 4.98 Å². The number of nitrogens with zero attached hydrogens (tertiary/aromatic N) is 2. The van der Waals surface area contributed by atoms with E-state index in [4.69, 9.17) is 10.5 Å². The zero-order valence-electron chi connectivity index (χ0n) is 12.8. The zero-order chi connectivity index (χ0) is 17.2. The van der Waals surface area contributed by atoms with Crippen molar-refractivity contribution in [2.24, 2.45) is 5.73 Å². The molecular formula is C15H17N3O4S2. The topological polar surface area (TPSA) is 103 Å². The second-order valence-electron chi connectivity index (χ2n) is 5.40. The lowest BCUT2D eigenvalue weighted by Gasteiger charge is -2.30. The molecule has 3 rings (SSSR count). The Hall–Kier alpha value is -1.97. The van der Waals surface area contributed by atoms with E-state index >= 15 is 0 Å². The molecule has 0 aliphatic carbocycles. The molecule has 0 spiro atoms. The number of carbonyl (C=O) groups excluding carboxylic acids is 1. The maximum Gasteiger partial charge on any atom is 0.252 e. The third-order valence-corrected chi connectivity index (χ3v) is 7.07. The lowest BCUT2D eigenvalue weighted by atomic mass is 10.1. The van der Waals surface area contributed by atoms with E-state index in [0.717, 1.165) is 0 Å². The summed E-state index contributed by atoms with van der Waals surface area (Å²) in [5.74, 6) is -0.138. The van der Waals surface area contributed by atoms with Crippen LogP contribution >= 0.6 is 11.3 Å². The standard InChI is InChI=1S/C15H17N3O4S2/c16-15(19)11-3-4-13(17-10-11)22-12-5-7-18(8-6-12)24(20,21)14-2-1-9-23-14/h1-4,9-10,12H,5-8H2,(H2,16,19). The molecule has 1 aliphatic rings. The normalized spacial score (nSPS) is 16.8. The van der Waals surface area contributed by atoms with Crippen LogP contribution in [0.25, 0.3) is 0 Å². The lowest BCUT2D eigenvalue weighted by molar-refractivity contribution is 0.0999. The Balaban J connectivity index is 1.58. The molecule has 0 radical (unpaired) electrons. The van der Waals surface area contributed by atoms with Gasteiger partial charge in [-0.15, -0.1) is 11.3 Å². The Morgan fingerprint density at radius 1 is 1.29 bits per heavy atom. The fraction of sp³-hybridized carbons (Fsp3) is 0.333. The molecule has 0 saturated carbocycles. The first-order valence-corrected chi connectivity index (χ1v) is 9.75. The van der Waals surface area contributed by atoms with Crippen molar-refractivity contribution in [2.75, 3.05) is 13.1 Å². The minimum atomic E-state index is -3.40. The zero-order valence-corrected chi connectivity index (χ0v) is 14.4. The number of hydrogen-bond acceptors (Lipinski definition) is 6. The third-order valence-electron chi connectivity index (χ3n) is 3.80. The van der Waals surface area contributed by atoms with Crippen LogP contribution in [0.1, 0.15) is 23.2 Å². The van der Waals surface area contributed by atoms with Crippen LogP contribution in [0.5, 0.6) is 5.88 Å². The number of carbonyl (C=O) groups is 1. The highest BCUT2D eigenvalue weighted by molar-refractivity contribution is 7.91. The van der Waals surface area contributed by atoms with E-state index in [1.165, 1.54) is 21.8 Å². The van der Waals surface area contributed by atoms with Crippen molar-refractivity contribution in [1.29, 1.82) is 0 Å². The van der Waals surface area contributed by atoms with Gasteiger partial charge >= 0.3 is 0 Å². The summed E-state index contributed by atoms with van der Waals surface area (Å²) >= 11 is 1.22. The van der Waals surface area contributed by atoms with Gasteiger partial charge in [0.15, 0.2) is 0 Å². The van der Waals surface area contributed by atoms with Crippen molar-refractivity contribution >= 4 is 27.3 Å². The number of pyridine rings is 1. The Morgan fingerprint density at radius 2 is 2.04 bits per heavy atom. The second kappa shape index (κ2) is 6.88. The van der Waals surface area contributed by atoms with Gasteiger partial charge in [0.1, 0.15) is 10.3 Å². The Bertz CT molecular complexity index is 796. The molecule has 0 aromatic carbocycles. The van der Waals surface area contributed by atoms with E-state index < -0.39 is 15.9 Å². The van der Waals surface area contributed by atoms with Crippen LogP contribution in [0.2, 0.25) is 0 Å². The molecule has 7 nitrogen and oxygen atoms in total. The number of piperidine rings is 1. The number of nitrogens with two attached hydrogens (primary N) is 1. The number of amides is 1. The summed E-state index contributed by atoms with van der Waals surface area (Å²) in [6, 6.07) is 6.50. The number of thiophene rings is 1. The molecule has 1 saturated heterocycles. The summed E-state index contributed by atoms with van der Waals surface area (Å²) in [5, 5.41) is 1.75. The Morgan fingerprint density at radius 3 is 2.58 bits per heavy atom. The molecule has 2 aromatic rings. The monoisotopic (exact) mass is 367 g/mol. The van der Waals surface area contributed by atoms with Crippen molar-refractivity contribution in [3.8, 4) is 5.88 Å². The van der Waals surface area contributed by atoms with E-state index in [9.17, 15) is 13.2 Å². The minimum absolute atomic E-state index is 0.105. The third kappa shape index (κ3) is 3.58. The second-order valence-corrected chi connectivity index (χ2v) is 8.52. The summed E-state index contributed by atoms with van der Waals surface area (Å²) in [6.45, 7) is 0.814. The van der Waals surface area contributed by atoms with Crippen LogP contribution in [0, 0.1) is 0 Å². The predicted molar refractivity (Wildman–Crippen MR) is 89.5 cm³/mol. The summed E-state index contributed by atoms with van der Waals surface area (Å²) < 4.78 is 32.5. The van der Waals surface area contributed by atoms with Gasteiger partial charge in [-0.25, -0.2) is 13.4 Å². The highest BCUT2D eigenvalue weighted by Crippen LogP contribution is 2.25. The molecule has 0 bridgehead atoms. The van der Waals surface area contributed by atoms with Gasteiger partial charge in [-0.1, -0.05) is 6.07 Å². The van der Waals surface area contributed by atoms with Gasteiger partial charge in [0.05, 0.1) is 5.56 Å². The average molecular weight is 367 g/mol. The number of primary amides is 1. The maximum atomic E-state index is 12.5. The molecule has 0 unspecified atom stereocenters. The van der Waals surface area contributed by atoms with Crippen molar-refractivity contribution in [3.63, 3.8) is 0 Å². The van der Waals surface area contributed by atoms with Crippen LogP contribution in [0.3, 0.4) is 0 Å². The van der Waals surface area contributed by atoms with Crippen molar-refractivity contribution in [1.82, 2.24) is 9.29 Å². The van der Waals surface area contributed by atoms with Crippen molar-refractivity contribution in [2.45, 2.75) is 23.2 Å². The lowest BCUT2D eigenvalue weighted by Crippen LogP contribution is -2.41. The average Bonchev–Trinajstić information content (AvgIpc) is 3.11. The predicted octanol–water partition coefficient (Wildman–Crippen LogP) is 1.47. The Kier molecular flexibility index (Phi) is 4.83. The van der Waals surface area contributed by atoms with Gasteiger partial charge in [-0.3, -0.25) is 4.79 Å². The van der Waals surface area contributed by atoms with Crippen LogP contribution in [0.15, 0.2) is 40.1 Å². The highest BCUT2D eigenvalue weighted by atomic mass is 32.2. The van der Waals surface area contributed by atoms with Crippen molar-refractivity contribution in [3.05, 3.63) is 41.4 Å². The van der Waals surface area contributed by atoms with Gasteiger partial charge < -0.3 is 10.5 Å². The molecule has 1 aliphatic heterocycles. The smallest absolute Gasteiger partial charge is 0.252 e. The van der Waals surface area contributed by atoms with E-state index in [-0.39, 0.29) is 6.10 Å². The molecule has 2 aromatic heterocycles. The maximum absolute atomic E-state index is 12.5. The molecule has 128 valence electrons. The number of hydrogen-bond donors (Lipinski definition) is 1. The molecule has 2 N–H and O–H groups in total.